The summed E-state index contributed by atoms with van der Waals surface area (Å²) in [6.45, 7) is 12.1. The molecule has 1 aromatic rings. The van der Waals surface area contributed by atoms with Crippen LogP contribution in [0.15, 0.2) is 17.5 Å². The third-order valence-corrected chi connectivity index (χ3v) is 6.25. The Morgan fingerprint density at radius 2 is 2.25 bits per heavy atom. The van der Waals surface area contributed by atoms with Gasteiger partial charge in [0.2, 0.25) is 0 Å². The van der Waals surface area contributed by atoms with Gasteiger partial charge < -0.3 is 10.2 Å². The van der Waals surface area contributed by atoms with Gasteiger partial charge in [-0.3, -0.25) is 0 Å². The van der Waals surface area contributed by atoms with E-state index in [1.165, 1.54) is 50.3 Å². The minimum absolute atomic E-state index is 0.267. The maximum atomic E-state index is 3.83. The van der Waals surface area contributed by atoms with Crippen LogP contribution >= 0.6 is 11.3 Å². The Kier molecular flexibility index (Phi) is 3.95. The Morgan fingerprint density at radius 3 is 2.90 bits per heavy atom. The predicted octanol–water partition coefficient (Wildman–Crippen LogP) is 3.49. The molecule has 1 N–H and O–H groups in total. The van der Waals surface area contributed by atoms with Crippen molar-refractivity contribution in [3.8, 4) is 0 Å². The van der Waals surface area contributed by atoms with E-state index in [9.17, 15) is 0 Å². The molecular weight excluding hydrogens is 264 g/mol. The molecule has 1 aromatic heterocycles. The van der Waals surface area contributed by atoms with E-state index in [1.54, 1.807) is 0 Å². The second-order valence-corrected chi connectivity index (χ2v) is 8.49. The molecule has 3 rings (SSSR count). The number of nitrogens with zero attached hydrogens (tertiary/aromatic N) is 1. The fourth-order valence-electron chi connectivity index (χ4n) is 3.71. The average molecular weight is 292 g/mol. The molecule has 0 bridgehead atoms. The van der Waals surface area contributed by atoms with Crippen molar-refractivity contribution in [2.24, 2.45) is 5.92 Å². The van der Waals surface area contributed by atoms with Crippen molar-refractivity contribution in [1.29, 1.82) is 0 Å². The summed E-state index contributed by atoms with van der Waals surface area (Å²) in [5.41, 5.74) is 0.616. The third kappa shape index (κ3) is 3.10. The Labute approximate surface area is 127 Å². The summed E-state index contributed by atoms with van der Waals surface area (Å²) >= 11 is 1.90. The van der Waals surface area contributed by atoms with E-state index in [1.807, 2.05) is 11.3 Å². The van der Waals surface area contributed by atoms with Crippen LogP contribution in [0.1, 0.15) is 44.9 Å². The highest BCUT2D eigenvalue weighted by Crippen LogP contribution is 2.41. The summed E-state index contributed by atoms with van der Waals surface area (Å²) in [6, 6.07) is 4.47. The van der Waals surface area contributed by atoms with E-state index < -0.39 is 0 Å². The van der Waals surface area contributed by atoms with Gasteiger partial charge in [-0.25, -0.2) is 0 Å². The van der Waals surface area contributed by atoms with Crippen LogP contribution in [0, 0.1) is 5.92 Å². The molecule has 1 aliphatic carbocycles. The highest BCUT2D eigenvalue weighted by atomic mass is 32.1. The minimum Gasteiger partial charge on any atom is -0.310 e. The van der Waals surface area contributed by atoms with Gasteiger partial charge in [0.25, 0.3) is 0 Å². The first kappa shape index (κ1) is 14.6. The molecule has 3 heteroatoms. The zero-order valence-corrected chi connectivity index (χ0v) is 13.9. The molecule has 1 atom stereocenters. The van der Waals surface area contributed by atoms with E-state index in [4.69, 9.17) is 0 Å². The fraction of sp³-hybridized carbons (Fsp3) is 0.765. The van der Waals surface area contributed by atoms with E-state index in [2.05, 4.69) is 48.5 Å². The first-order chi connectivity index (χ1) is 9.50. The van der Waals surface area contributed by atoms with Crippen LogP contribution in [0.4, 0.5) is 0 Å². The molecular formula is C17H28N2S. The lowest BCUT2D eigenvalue weighted by atomic mass is 9.89. The van der Waals surface area contributed by atoms with Gasteiger partial charge in [-0.1, -0.05) is 19.9 Å². The fourth-order valence-corrected chi connectivity index (χ4v) is 4.55. The summed E-state index contributed by atoms with van der Waals surface area (Å²) in [5.74, 6) is 0.910. The quantitative estimate of drug-likeness (QED) is 0.914. The number of hydrogen-bond donors (Lipinski definition) is 1. The zero-order valence-electron chi connectivity index (χ0n) is 13.1. The second kappa shape index (κ2) is 5.43. The summed E-state index contributed by atoms with van der Waals surface area (Å²) in [6.07, 6.45) is 4.13. The Balaban J connectivity index is 1.69. The minimum atomic E-state index is 0.267. The second-order valence-electron chi connectivity index (χ2n) is 7.54. The molecule has 0 aromatic carbocycles. The number of rotatable bonds is 4. The Bertz CT molecular complexity index is 436. The topological polar surface area (TPSA) is 15.3 Å². The summed E-state index contributed by atoms with van der Waals surface area (Å²) < 4.78 is 0. The van der Waals surface area contributed by atoms with E-state index in [-0.39, 0.29) is 5.41 Å². The zero-order chi connectivity index (χ0) is 14.2. The van der Waals surface area contributed by atoms with Crippen molar-refractivity contribution in [3.63, 3.8) is 0 Å². The molecule has 1 saturated heterocycles. The normalized spacial score (nSPS) is 29.4. The molecule has 0 radical (unpaired) electrons. The average Bonchev–Trinajstić information content (AvgIpc) is 3.12. The first-order valence-electron chi connectivity index (χ1n) is 8.01. The summed E-state index contributed by atoms with van der Waals surface area (Å²) in [5, 5.41) is 6.04. The van der Waals surface area contributed by atoms with Crippen LogP contribution in [-0.2, 0) is 5.41 Å². The molecule has 2 heterocycles. The molecule has 1 aliphatic heterocycles. The largest absolute Gasteiger partial charge is 0.310 e. The van der Waals surface area contributed by atoms with Gasteiger partial charge in [0.05, 0.1) is 0 Å². The summed E-state index contributed by atoms with van der Waals surface area (Å²) in [4.78, 5) is 4.22. The first-order valence-corrected chi connectivity index (χ1v) is 8.89. The van der Waals surface area contributed by atoms with Crippen molar-refractivity contribution < 1.29 is 0 Å². The van der Waals surface area contributed by atoms with Crippen LogP contribution in [0.25, 0.3) is 0 Å². The van der Waals surface area contributed by atoms with Gasteiger partial charge >= 0.3 is 0 Å². The van der Waals surface area contributed by atoms with Crippen molar-refractivity contribution >= 4 is 11.3 Å². The van der Waals surface area contributed by atoms with Crippen LogP contribution in [0.3, 0.4) is 0 Å². The van der Waals surface area contributed by atoms with Crippen molar-refractivity contribution in [2.45, 2.75) is 51.0 Å². The number of nitrogens with one attached hydrogen (secondary N) is 1. The molecule has 0 spiro atoms. The highest BCUT2D eigenvalue weighted by Gasteiger charge is 2.43. The maximum absolute atomic E-state index is 3.83. The van der Waals surface area contributed by atoms with Gasteiger partial charge in [-0.2, -0.15) is 0 Å². The molecule has 2 nitrogen and oxygen atoms in total. The van der Waals surface area contributed by atoms with Crippen molar-refractivity contribution in [1.82, 2.24) is 10.2 Å². The molecule has 1 unspecified atom stereocenters. The van der Waals surface area contributed by atoms with Crippen LogP contribution in [0.2, 0.25) is 0 Å². The van der Waals surface area contributed by atoms with E-state index in [0.717, 1.165) is 5.92 Å². The van der Waals surface area contributed by atoms with Crippen molar-refractivity contribution in [2.75, 3.05) is 26.2 Å². The van der Waals surface area contributed by atoms with Crippen molar-refractivity contribution in [3.05, 3.63) is 22.4 Å². The lowest BCUT2D eigenvalue weighted by Crippen LogP contribution is -2.52. The van der Waals surface area contributed by atoms with Gasteiger partial charge in [0.1, 0.15) is 0 Å². The van der Waals surface area contributed by atoms with E-state index in [0.29, 0.717) is 5.54 Å². The number of hydrogen-bond acceptors (Lipinski definition) is 3. The molecule has 2 aliphatic rings. The highest BCUT2D eigenvalue weighted by molar-refractivity contribution is 7.10. The number of thiophene rings is 1. The SMILES string of the molecule is CC(C)(CN1CCCNC(C)(C2CC2)C1)c1cccs1. The lowest BCUT2D eigenvalue weighted by Gasteiger charge is -2.37. The monoisotopic (exact) mass is 292 g/mol. The van der Waals surface area contributed by atoms with E-state index >= 15 is 0 Å². The molecule has 112 valence electrons. The molecule has 0 amide bonds. The Hall–Kier alpha value is -0.380. The molecule has 1 saturated carbocycles. The standard InChI is InChI=1S/C17H28N2S/c1-16(2,15-6-4-11-20-15)12-19-10-5-9-18-17(3,13-19)14-7-8-14/h4,6,11,14,18H,5,7-10,12-13H2,1-3H3. The van der Waals surface area contributed by atoms with Crippen LogP contribution in [-0.4, -0.2) is 36.6 Å². The maximum Gasteiger partial charge on any atom is 0.0308 e. The lowest BCUT2D eigenvalue weighted by molar-refractivity contribution is 0.174. The Morgan fingerprint density at radius 1 is 1.45 bits per heavy atom. The van der Waals surface area contributed by atoms with Gasteiger partial charge in [0, 0.05) is 28.9 Å². The van der Waals surface area contributed by atoms with Crippen LogP contribution in [0.5, 0.6) is 0 Å². The smallest absolute Gasteiger partial charge is 0.0308 e. The van der Waals surface area contributed by atoms with Crippen LogP contribution < -0.4 is 5.32 Å². The summed E-state index contributed by atoms with van der Waals surface area (Å²) in [7, 11) is 0. The van der Waals surface area contributed by atoms with Gasteiger partial charge in [0.15, 0.2) is 0 Å². The predicted molar refractivity (Wildman–Crippen MR) is 87.5 cm³/mol. The molecule has 2 fully saturated rings. The third-order valence-electron chi connectivity index (χ3n) is 5.02. The van der Waals surface area contributed by atoms with Gasteiger partial charge in [-0.05, 0) is 56.6 Å². The molecule has 20 heavy (non-hydrogen) atoms. The van der Waals surface area contributed by atoms with Gasteiger partial charge in [-0.15, -0.1) is 11.3 Å².